The number of hydrogen-bond donors (Lipinski definition) is 2. The molecule has 3 N–H and O–H groups in total. The lowest BCUT2D eigenvalue weighted by atomic mass is 10.1. The van der Waals surface area contributed by atoms with Crippen LogP contribution < -0.4 is 16.0 Å². The van der Waals surface area contributed by atoms with Crippen LogP contribution in [0.3, 0.4) is 0 Å². The highest BCUT2D eigenvalue weighted by Gasteiger charge is 2.03. The predicted molar refractivity (Wildman–Crippen MR) is 78.9 cm³/mol. The van der Waals surface area contributed by atoms with Crippen molar-refractivity contribution in [2.24, 2.45) is 5.84 Å². The number of hydrazine groups is 1. The van der Waals surface area contributed by atoms with Crippen LogP contribution in [0.15, 0.2) is 48.5 Å². The van der Waals surface area contributed by atoms with Gasteiger partial charge in [-0.1, -0.05) is 12.1 Å². The number of Topliss-reactive ketones (excluding diaryl/α,β-unsaturated/α-hetero) is 1. The van der Waals surface area contributed by atoms with E-state index in [-0.39, 0.29) is 11.7 Å². The second-order valence-corrected chi connectivity index (χ2v) is 4.54. The van der Waals surface area contributed by atoms with Gasteiger partial charge in [0.05, 0.1) is 0 Å². The highest BCUT2D eigenvalue weighted by atomic mass is 16.5. The van der Waals surface area contributed by atoms with Gasteiger partial charge in [0, 0.05) is 11.1 Å². The molecule has 0 spiro atoms. The first-order chi connectivity index (χ1) is 10.1. The lowest BCUT2D eigenvalue weighted by Crippen LogP contribution is -2.29. The first kappa shape index (κ1) is 14.7. The van der Waals surface area contributed by atoms with Crippen molar-refractivity contribution in [1.29, 1.82) is 0 Å². The van der Waals surface area contributed by atoms with Gasteiger partial charge in [-0.15, -0.1) is 0 Å². The average Bonchev–Trinajstić information content (AvgIpc) is 2.53. The molecule has 0 fully saturated rings. The largest absolute Gasteiger partial charge is 0.489 e. The Balaban J connectivity index is 1.96. The standard InChI is InChI=1S/C16H16N2O3/c1-11(19)13-6-8-15(9-7-13)21-10-12-2-4-14(5-3-12)16(20)18-17/h2-9H,10,17H2,1H3,(H,18,20). The lowest BCUT2D eigenvalue weighted by molar-refractivity contribution is 0.0952. The Bertz CT molecular complexity index is 634. The summed E-state index contributed by atoms with van der Waals surface area (Å²) in [6.45, 7) is 1.90. The number of carbonyl (C=O) groups excluding carboxylic acids is 2. The van der Waals surface area contributed by atoms with E-state index in [1.54, 1.807) is 48.5 Å². The van der Waals surface area contributed by atoms with Crippen molar-refractivity contribution in [3.05, 3.63) is 65.2 Å². The van der Waals surface area contributed by atoms with Crippen LogP contribution in [0.2, 0.25) is 0 Å². The van der Waals surface area contributed by atoms with Gasteiger partial charge in [-0.25, -0.2) is 5.84 Å². The number of rotatable bonds is 5. The second kappa shape index (κ2) is 6.67. The van der Waals surface area contributed by atoms with Crippen molar-refractivity contribution >= 4 is 11.7 Å². The van der Waals surface area contributed by atoms with Crippen LogP contribution in [0.5, 0.6) is 5.75 Å². The van der Waals surface area contributed by atoms with E-state index < -0.39 is 0 Å². The van der Waals surface area contributed by atoms with Gasteiger partial charge in [0.1, 0.15) is 12.4 Å². The summed E-state index contributed by atoms with van der Waals surface area (Å²) in [5, 5.41) is 0. The van der Waals surface area contributed by atoms with E-state index in [1.807, 2.05) is 0 Å². The molecule has 1 amide bonds. The molecule has 0 unspecified atom stereocenters. The number of ketones is 1. The van der Waals surface area contributed by atoms with Crippen LogP contribution in [-0.4, -0.2) is 11.7 Å². The first-order valence-electron chi connectivity index (χ1n) is 6.44. The molecule has 0 saturated heterocycles. The van der Waals surface area contributed by atoms with Crippen molar-refractivity contribution in [3.63, 3.8) is 0 Å². The van der Waals surface area contributed by atoms with E-state index in [9.17, 15) is 9.59 Å². The van der Waals surface area contributed by atoms with Crippen molar-refractivity contribution in [2.45, 2.75) is 13.5 Å². The minimum Gasteiger partial charge on any atom is -0.489 e. The highest BCUT2D eigenvalue weighted by molar-refractivity contribution is 5.94. The lowest BCUT2D eigenvalue weighted by Gasteiger charge is -2.07. The monoisotopic (exact) mass is 284 g/mol. The molecule has 0 aromatic heterocycles. The summed E-state index contributed by atoms with van der Waals surface area (Å²) >= 11 is 0. The molecule has 2 rings (SSSR count). The van der Waals surface area contributed by atoms with E-state index >= 15 is 0 Å². The molecular formula is C16H16N2O3. The van der Waals surface area contributed by atoms with Gasteiger partial charge in [-0.2, -0.15) is 0 Å². The van der Waals surface area contributed by atoms with Gasteiger partial charge in [0.25, 0.3) is 5.91 Å². The highest BCUT2D eigenvalue weighted by Crippen LogP contribution is 2.15. The van der Waals surface area contributed by atoms with Crippen molar-refractivity contribution < 1.29 is 14.3 Å². The predicted octanol–water partition coefficient (Wildman–Crippen LogP) is 2.07. The van der Waals surface area contributed by atoms with Crippen LogP contribution >= 0.6 is 0 Å². The zero-order valence-corrected chi connectivity index (χ0v) is 11.6. The van der Waals surface area contributed by atoms with Crippen molar-refractivity contribution in [2.75, 3.05) is 0 Å². The molecule has 2 aromatic rings. The van der Waals surface area contributed by atoms with E-state index in [2.05, 4.69) is 5.43 Å². The van der Waals surface area contributed by atoms with Gasteiger partial charge in [-0.05, 0) is 48.9 Å². The summed E-state index contributed by atoms with van der Waals surface area (Å²) in [5.74, 6) is 5.44. The quantitative estimate of drug-likeness (QED) is 0.381. The molecule has 5 nitrogen and oxygen atoms in total. The second-order valence-electron chi connectivity index (χ2n) is 4.54. The summed E-state index contributed by atoms with van der Waals surface area (Å²) < 4.78 is 5.62. The Morgan fingerprint density at radius 2 is 1.57 bits per heavy atom. The molecule has 0 bridgehead atoms. The molecule has 21 heavy (non-hydrogen) atoms. The fourth-order valence-corrected chi connectivity index (χ4v) is 1.79. The van der Waals surface area contributed by atoms with Crippen LogP contribution in [-0.2, 0) is 6.61 Å². The maximum atomic E-state index is 11.3. The van der Waals surface area contributed by atoms with Crippen LogP contribution in [0, 0.1) is 0 Å². The molecular weight excluding hydrogens is 268 g/mol. The summed E-state index contributed by atoms with van der Waals surface area (Å²) in [4.78, 5) is 22.5. The number of carbonyl (C=O) groups is 2. The van der Waals surface area contributed by atoms with E-state index in [0.717, 1.165) is 5.56 Å². The number of hydrogen-bond acceptors (Lipinski definition) is 4. The summed E-state index contributed by atoms with van der Waals surface area (Å²) in [5.41, 5.74) is 4.15. The molecule has 2 aromatic carbocycles. The third-order valence-electron chi connectivity index (χ3n) is 3.01. The first-order valence-corrected chi connectivity index (χ1v) is 6.44. The average molecular weight is 284 g/mol. The fourth-order valence-electron chi connectivity index (χ4n) is 1.79. The van der Waals surface area contributed by atoms with Gasteiger partial charge in [-0.3, -0.25) is 15.0 Å². The number of nitrogens with one attached hydrogen (secondary N) is 1. The summed E-state index contributed by atoms with van der Waals surface area (Å²) in [7, 11) is 0. The Kier molecular flexibility index (Phi) is 4.68. The van der Waals surface area contributed by atoms with E-state index in [0.29, 0.717) is 23.5 Å². The number of benzene rings is 2. The molecule has 0 aliphatic carbocycles. The SMILES string of the molecule is CC(=O)c1ccc(OCc2ccc(C(=O)NN)cc2)cc1. The fraction of sp³-hybridized carbons (Fsp3) is 0.125. The molecule has 108 valence electrons. The molecule has 0 aliphatic rings. The number of ether oxygens (including phenoxy) is 1. The van der Waals surface area contributed by atoms with E-state index in [4.69, 9.17) is 10.6 Å². The minimum absolute atomic E-state index is 0.0234. The molecule has 0 radical (unpaired) electrons. The van der Waals surface area contributed by atoms with Crippen molar-refractivity contribution in [1.82, 2.24) is 5.43 Å². The van der Waals surface area contributed by atoms with Gasteiger partial charge in [0.15, 0.2) is 5.78 Å². The van der Waals surface area contributed by atoms with Crippen LogP contribution in [0.25, 0.3) is 0 Å². The molecule has 5 heteroatoms. The Morgan fingerprint density at radius 1 is 1.00 bits per heavy atom. The molecule has 0 saturated carbocycles. The smallest absolute Gasteiger partial charge is 0.265 e. The van der Waals surface area contributed by atoms with Crippen LogP contribution in [0.4, 0.5) is 0 Å². The normalized spacial score (nSPS) is 10.0. The number of amides is 1. The van der Waals surface area contributed by atoms with Gasteiger partial charge >= 0.3 is 0 Å². The summed E-state index contributed by atoms with van der Waals surface area (Å²) in [6.07, 6.45) is 0. The zero-order chi connectivity index (χ0) is 15.2. The topological polar surface area (TPSA) is 81.4 Å². The Labute approximate surface area is 122 Å². The molecule has 0 atom stereocenters. The third kappa shape index (κ3) is 3.90. The van der Waals surface area contributed by atoms with Gasteiger partial charge < -0.3 is 4.74 Å². The van der Waals surface area contributed by atoms with Gasteiger partial charge in [0.2, 0.25) is 0 Å². The third-order valence-corrected chi connectivity index (χ3v) is 3.01. The van der Waals surface area contributed by atoms with Crippen LogP contribution in [0.1, 0.15) is 33.2 Å². The maximum Gasteiger partial charge on any atom is 0.265 e. The summed E-state index contributed by atoms with van der Waals surface area (Å²) in [6, 6.07) is 13.9. The minimum atomic E-state index is -0.331. The maximum absolute atomic E-state index is 11.3. The number of nitrogens with two attached hydrogens (primary N) is 1. The Morgan fingerprint density at radius 3 is 2.10 bits per heavy atom. The molecule has 0 aliphatic heterocycles. The molecule has 0 heterocycles. The Hall–Kier alpha value is -2.66. The van der Waals surface area contributed by atoms with Crippen molar-refractivity contribution in [3.8, 4) is 5.75 Å². The van der Waals surface area contributed by atoms with E-state index in [1.165, 1.54) is 6.92 Å². The number of nitrogen functional groups attached to an aromatic ring is 1. The zero-order valence-electron chi connectivity index (χ0n) is 11.6.